The Kier molecular flexibility index (Phi) is 3.93. The van der Waals surface area contributed by atoms with E-state index < -0.39 is 5.97 Å². The van der Waals surface area contributed by atoms with Crippen molar-refractivity contribution >= 4 is 11.8 Å². The second kappa shape index (κ2) is 5.01. The lowest BCUT2D eigenvalue weighted by Gasteiger charge is -2.11. The topological polar surface area (TPSA) is 70.1 Å². The van der Waals surface area contributed by atoms with Crippen LogP contribution < -0.4 is 5.73 Å². The molecule has 5 heteroatoms. The van der Waals surface area contributed by atoms with Crippen LogP contribution in [0.5, 0.6) is 0 Å². The third-order valence-corrected chi connectivity index (χ3v) is 2.33. The first kappa shape index (κ1) is 12.5. The molecule has 1 heterocycles. The van der Waals surface area contributed by atoms with Crippen LogP contribution in [0.1, 0.15) is 37.1 Å². The number of ether oxygens (including phenoxy) is 1. The average molecular weight is 225 g/mol. The highest BCUT2D eigenvalue weighted by Gasteiger charge is 2.20. The Balaban J connectivity index is 3.15. The maximum Gasteiger partial charge on any atom is 0.360 e. The van der Waals surface area contributed by atoms with Crippen LogP contribution in [0.4, 0.5) is 5.82 Å². The Morgan fingerprint density at radius 2 is 2.19 bits per heavy atom. The molecule has 0 aliphatic carbocycles. The normalized spacial score (nSPS) is 10.8. The van der Waals surface area contributed by atoms with Crippen LogP contribution in [-0.4, -0.2) is 22.6 Å². The third-order valence-electron chi connectivity index (χ3n) is 2.33. The minimum absolute atomic E-state index is 0.222. The van der Waals surface area contributed by atoms with Gasteiger partial charge < -0.3 is 15.0 Å². The van der Waals surface area contributed by atoms with E-state index in [2.05, 4.69) is 23.6 Å². The van der Waals surface area contributed by atoms with Crippen molar-refractivity contribution in [3.8, 4) is 0 Å². The minimum atomic E-state index is -0.477. The first-order chi connectivity index (χ1) is 7.51. The number of hydrogen-bond donors (Lipinski definition) is 1. The Morgan fingerprint density at radius 1 is 1.56 bits per heavy atom. The number of aryl methyl sites for hydroxylation is 1. The molecule has 0 saturated heterocycles. The van der Waals surface area contributed by atoms with Gasteiger partial charge in [0.2, 0.25) is 0 Å². The molecule has 0 spiro atoms. The van der Waals surface area contributed by atoms with Gasteiger partial charge in [0.05, 0.1) is 7.11 Å². The van der Waals surface area contributed by atoms with E-state index in [1.807, 2.05) is 11.5 Å². The summed E-state index contributed by atoms with van der Waals surface area (Å²) in [6.07, 6.45) is 0.744. The van der Waals surface area contributed by atoms with E-state index in [-0.39, 0.29) is 5.69 Å². The standard InChI is InChI=1S/C11H19N3O2/c1-5-8-13-9(11(15)16-4)10(12)14(8)6-7(2)3/h7H,5-6,12H2,1-4H3. The molecule has 5 nitrogen and oxygen atoms in total. The number of carbonyl (C=O) groups is 1. The molecule has 0 unspecified atom stereocenters. The van der Waals surface area contributed by atoms with Gasteiger partial charge in [-0.15, -0.1) is 0 Å². The minimum Gasteiger partial charge on any atom is -0.464 e. The number of nitrogens with zero attached hydrogens (tertiary/aromatic N) is 2. The van der Waals surface area contributed by atoms with E-state index in [1.54, 1.807) is 0 Å². The molecule has 0 bridgehead atoms. The predicted molar refractivity (Wildman–Crippen MR) is 62.2 cm³/mol. The monoisotopic (exact) mass is 225 g/mol. The Morgan fingerprint density at radius 3 is 2.62 bits per heavy atom. The lowest BCUT2D eigenvalue weighted by Crippen LogP contribution is -2.12. The largest absolute Gasteiger partial charge is 0.464 e. The van der Waals surface area contributed by atoms with Crippen molar-refractivity contribution in [2.24, 2.45) is 5.92 Å². The van der Waals surface area contributed by atoms with Crippen molar-refractivity contribution in [2.75, 3.05) is 12.8 Å². The van der Waals surface area contributed by atoms with E-state index in [0.717, 1.165) is 18.8 Å². The Bertz CT molecular complexity index is 383. The molecule has 0 radical (unpaired) electrons. The molecule has 0 fully saturated rings. The number of nitrogens with two attached hydrogens (primary N) is 1. The van der Waals surface area contributed by atoms with Crippen LogP contribution >= 0.6 is 0 Å². The molecular weight excluding hydrogens is 206 g/mol. The molecule has 1 aromatic heterocycles. The highest BCUT2D eigenvalue weighted by atomic mass is 16.5. The number of imidazole rings is 1. The summed E-state index contributed by atoms with van der Waals surface area (Å²) in [5.41, 5.74) is 6.13. The first-order valence-electron chi connectivity index (χ1n) is 5.44. The van der Waals surface area contributed by atoms with Gasteiger partial charge in [0, 0.05) is 13.0 Å². The lowest BCUT2D eigenvalue weighted by atomic mass is 10.2. The Hall–Kier alpha value is -1.52. The van der Waals surface area contributed by atoms with E-state index in [4.69, 9.17) is 5.73 Å². The zero-order valence-electron chi connectivity index (χ0n) is 10.3. The van der Waals surface area contributed by atoms with Crippen LogP contribution in [0.25, 0.3) is 0 Å². The zero-order chi connectivity index (χ0) is 12.3. The molecule has 1 rings (SSSR count). The predicted octanol–water partition coefficient (Wildman–Crippen LogP) is 1.47. The molecule has 0 amide bonds. The fraction of sp³-hybridized carbons (Fsp3) is 0.636. The summed E-state index contributed by atoms with van der Waals surface area (Å²) < 4.78 is 6.53. The summed E-state index contributed by atoms with van der Waals surface area (Å²) in [5.74, 6) is 1.20. The van der Waals surface area contributed by atoms with Crippen molar-refractivity contribution in [3.63, 3.8) is 0 Å². The van der Waals surface area contributed by atoms with Crippen molar-refractivity contribution in [1.29, 1.82) is 0 Å². The van der Waals surface area contributed by atoms with Gasteiger partial charge in [-0.2, -0.15) is 0 Å². The fourth-order valence-corrected chi connectivity index (χ4v) is 1.60. The highest BCUT2D eigenvalue weighted by molar-refractivity contribution is 5.92. The lowest BCUT2D eigenvalue weighted by molar-refractivity contribution is 0.0595. The summed E-state index contributed by atoms with van der Waals surface area (Å²) in [5, 5.41) is 0. The van der Waals surface area contributed by atoms with Crippen LogP contribution in [0.3, 0.4) is 0 Å². The number of nitrogen functional groups attached to an aromatic ring is 1. The second-order valence-electron chi connectivity index (χ2n) is 4.11. The summed E-state index contributed by atoms with van der Waals surface area (Å²) in [4.78, 5) is 15.6. The fourth-order valence-electron chi connectivity index (χ4n) is 1.60. The number of rotatable bonds is 4. The van der Waals surface area contributed by atoms with Crippen molar-refractivity contribution in [2.45, 2.75) is 33.7 Å². The van der Waals surface area contributed by atoms with Gasteiger partial charge in [0.15, 0.2) is 5.69 Å². The number of carbonyl (C=O) groups excluding carboxylic acids is 1. The van der Waals surface area contributed by atoms with E-state index in [9.17, 15) is 4.79 Å². The molecule has 0 atom stereocenters. The zero-order valence-corrected chi connectivity index (χ0v) is 10.3. The number of methoxy groups -OCH3 is 1. The summed E-state index contributed by atoms with van der Waals surface area (Å²) in [7, 11) is 1.33. The van der Waals surface area contributed by atoms with E-state index >= 15 is 0 Å². The molecule has 16 heavy (non-hydrogen) atoms. The second-order valence-corrected chi connectivity index (χ2v) is 4.11. The molecule has 1 aromatic rings. The van der Waals surface area contributed by atoms with Crippen LogP contribution in [0, 0.1) is 5.92 Å². The number of hydrogen-bond acceptors (Lipinski definition) is 4. The van der Waals surface area contributed by atoms with Crippen LogP contribution in [-0.2, 0) is 17.7 Å². The molecule has 0 aliphatic heterocycles. The van der Waals surface area contributed by atoms with Crippen molar-refractivity contribution in [3.05, 3.63) is 11.5 Å². The number of esters is 1. The number of aromatic nitrogens is 2. The summed E-state index contributed by atoms with van der Waals surface area (Å²) in [6, 6.07) is 0. The Labute approximate surface area is 95.6 Å². The quantitative estimate of drug-likeness (QED) is 0.788. The maximum atomic E-state index is 11.4. The van der Waals surface area contributed by atoms with Gasteiger partial charge in [-0.1, -0.05) is 20.8 Å². The van der Waals surface area contributed by atoms with E-state index in [1.165, 1.54) is 7.11 Å². The summed E-state index contributed by atoms with van der Waals surface area (Å²) >= 11 is 0. The van der Waals surface area contributed by atoms with Gasteiger partial charge in [0.1, 0.15) is 11.6 Å². The van der Waals surface area contributed by atoms with Crippen LogP contribution in [0.15, 0.2) is 0 Å². The molecule has 90 valence electrons. The molecule has 2 N–H and O–H groups in total. The van der Waals surface area contributed by atoms with Gasteiger partial charge in [0.25, 0.3) is 0 Å². The van der Waals surface area contributed by atoms with Gasteiger partial charge in [-0.25, -0.2) is 9.78 Å². The maximum absolute atomic E-state index is 11.4. The van der Waals surface area contributed by atoms with Crippen molar-refractivity contribution < 1.29 is 9.53 Å². The van der Waals surface area contributed by atoms with Gasteiger partial charge in [-0.05, 0) is 5.92 Å². The summed E-state index contributed by atoms with van der Waals surface area (Å²) in [6.45, 7) is 6.94. The first-order valence-corrected chi connectivity index (χ1v) is 5.44. The molecular formula is C11H19N3O2. The SMILES string of the molecule is CCc1nc(C(=O)OC)c(N)n1CC(C)C. The third kappa shape index (κ3) is 2.35. The molecule has 0 saturated carbocycles. The van der Waals surface area contributed by atoms with Gasteiger partial charge >= 0.3 is 5.97 Å². The molecule has 0 aromatic carbocycles. The van der Waals surface area contributed by atoms with Crippen LogP contribution in [0.2, 0.25) is 0 Å². The highest BCUT2D eigenvalue weighted by Crippen LogP contribution is 2.18. The van der Waals surface area contributed by atoms with Crippen molar-refractivity contribution in [1.82, 2.24) is 9.55 Å². The number of anilines is 1. The van der Waals surface area contributed by atoms with Gasteiger partial charge in [-0.3, -0.25) is 0 Å². The molecule has 0 aliphatic rings. The van der Waals surface area contributed by atoms with E-state index in [0.29, 0.717) is 11.7 Å². The smallest absolute Gasteiger partial charge is 0.360 e. The average Bonchev–Trinajstić information content (AvgIpc) is 2.55.